The van der Waals surface area contributed by atoms with Crippen LogP contribution in [0, 0.1) is 6.92 Å². The fourth-order valence-corrected chi connectivity index (χ4v) is 3.89. The molecule has 0 spiro atoms. The van der Waals surface area contributed by atoms with Crippen LogP contribution in [0.3, 0.4) is 0 Å². The first kappa shape index (κ1) is 22.4. The van der Waals surface area contributed by atoms with Crippen LogP contribution >= 0.6 is 0 Å². The van der Waals surface area contributed by atoms with Gasteiger partial charge in [0.1, 0.15) is 5.97 Å². The summed E-state index contributed by atoms with van der Waals surface area (Å²) in [6.45, 7) is 9.33. The van der Waals surface area contributed by atoms with Crippen molar-refractivity contribution in [3.05, 3.63) is 29.8 Å². The Morgan fingerprint density at radius 3 is 1.92 bits per heavy atom. The molecule has 1 aromatic carbocycles. The molecule has 1 N–H and O–H groups in total. The number of benzene rings is 1. The quantitative estimate of drug-likeness (QED) is 0.753. The second kappa shape index (κ2) is 8.83. The number of alkyl halides is 3. The SMILES string of the molecule is Cc1ccc(S(=O)(=O)N2CC[NH+](C(C)C)CC2)cc1.O=C([O-])C(F)(F)F. The Kier molecular flexibility index (Phi) is 7.60. The summed E-state index contributed by atoms with van der Waals surface area (Å²) in [5.41, 5.74) is 1.08. The molecule has 0 amide bonds. The summed E-state index contributed by atoms with van der Waals surface area (Å²) in [5, 5.41) is 8.78. The Balaban J connectivity index is 0.000000412. The molecule has 1 aromatic rings. The van der Waals surface area contributed by atoms with Gasteiger partial charge in [-0.25, -0.2) is 8.42 Å². The van der Waals surface area contributed by atoms with E-state index in [1.165, 1.54) is 4.90 Å². The minimum atomic E-state index is -5.19. The zero-order valence-electron chi connectivity index (χ0n) is 14.8. The third kappa shape index (κ3) is 6.26. The van der Waals surface area contributed by atoms with Crippen LogP contribution in [0.2, 0.25) is 0 Å². The van der Waals surface area contributed by atoms with Gasteiger partial charge in [-0.05, 0) is 32.9 Å². The van der Waals surface area contributed by atoms with Gasteiger partial charge in [-0.2, -0.15) is 17.5 Å². The number of aryl methyl sites for hydroxylation is 1. The van der Waals surface area contributed by atoms with E-state index in [1.807, 2.05) is 19.1 Å². The maximum Gasteiger partial charge on any atom is 0.430 e. The van der Waals surface area contributed by atoms with E-state index in [4.69, 9.17) is 9.90 Å². The van der Waals surface area contributed by atoms with Crippen molar-refractivity contribution in [1.29, 1.82) is 0 Å². The molecular formula is C16H23F3N2O4S. The predicted octanol–water partition coefficient (Wildman–Crippen LogP) is -0.409. The van der Waals surface area contributed by atoms with E-state index in [2.05, 4.69) is 13.8 Å². The van der Waals surface area contributed by atoms with E-state index in [0.29, 0.717) is 24.0 Å². The lowest BCUT2D eigenvalue weighted by atomic mass is 10.2. The molecule has 0 unspecified atom stereocenters. The highest BCUT2D eigenvalue weighted by atomic mass is 32.2. The first-order valence-electron chi connectivity index (χ1n) is 8.05. The highest BCUT2D eigenvalue weighted by molar-refractivity contribution is 7.89. The van der Waals surface area contributed by atoms with Gasteiger partial charge in [0.05, 0.1) is 37.1 Å². The van der Waals surface area contributed by atoms with Crippen molar-refractivity contribution < 1.29 is 36.4 Å². The summed E-state index contributed by atoms with van der Waals surface area (Å²) >= 11 is 0. The monoisotopic (exact) mass is 396 g/mol. The zero-order chi connectivity index (χ0) is 20.1. The molecule has 0 radical (unpaired) electrons. The van der Waals surface area contributed by atoms with Crippen molar-refractivity contribution in [1.82, 2.24) is 4.31 Å². The average molecular weight is 396 g/mol. The minimum absolute atomic E-state index is 0.408. The Labute approximate surface area is 151 Å². The number of hydrogen-bond donors (Lipinski definition) is 1. The molecule has 148 valence electrons. The largest absolute Gasteiger partial charge is 0.542 e. The van der Waals surface area contributed by atoms with Crippen LogP contribution < -0.4 is 10.0 Å². The van der Waals surface area contributed by atoms with Crippen LogP contribution in [-0.4, -0.2) is 57.1 Å². The minimum Gasteiger partial charge on any atom is -0.542 e. The summed E-state index contributed by atoms with van der Waals surface area (Å²) < 4.78 is 58.1. The molecule has 26 heavy (non-hydrogen) atoms. The molecule has 1 saturated heterocycles. The summed E-state index contributed by atoms with van der Waals surface area (Å²) in [4.78, 5) is 10.7. The molecular weight excluding hydrogens is 373 g/mol. The normalized spacial score (nSPS) is 16.9. The van der Waals surface area contributed by atoms with E-state index < -0.39 is 22.2 Å². The number of nitrogens with one attached hydrogen (secondary N) is 1. The van der Waals surface area contributed by atoms with Crippen molar-refractivity contribution in [2.45, 2.75) is 37.9 Å². The molecule has 0 saturated carbocycles. The number of carbonyl (C=O) groups is 1. The second-order valence-electron chi connectivity index (χ2n) is 6.32. The van der Waals surface area contributed by atoms with Gasteiger partial charge >= 0.3 is 6.18 Å². The maximum absolute atomic E-state index is 12.5. The Morgan fingerprint density at radius 2 is 1.58 bits per heavy atom. The molecule has 1 aliphatic rings. The number of carboxylic acid groups (broad SMARTS) is 1. The number of nitrogens with zero attached hydrogens (tertiary/aromatic N) is 1. The number of rotatable bonds is 3. The molecule has 1 fully saturated rings. The van der Waals surface area contributed by atoms with Crippen molar-refractivity contribution in [2.24, 2.45) is 0 Å². The molecule has 0 atom stereocenters. The first-order chi connectivity index (χ1) is 11.9. The van der Waals surface area contributed by atoms with Crippen molar-refractivity contribution in [2.75, 3.05) is 26.2 Å². The molecule has 6 nitrogen and oxygen atoms in total. The van der Waals surface area contributed by atoms with Crippen molar-refractivity contribution in [3.8, 4) is 0 Å². The number of halogens is 3. The topological polar surface area (TPSA) is 82.0 Å². The van der Waals surface area contributed by atoms with E-state index in [0.717, 1.165) is 18.7 Å². The van der Waals surface area contributed by atoms with Crippen LogP contribution in [0.15, 0.2) is 29.2 Å². The Hall–Kier alpha value is -1.65. The lowest BCUT2D eigenvalue weighted by Crippen LogP contribution is -3.17. The molecule has 2 rings (SSSR count). The van der Waals surface area contributed by atoms with Crippen molar-refractivity contribution >= 4 is 16.0 Å². The molecule has 0 aromatic heterocycles. The van der Waals surface area contributed by atoms with Gasteiger partial charge in [-0.3, -0.25) is 0 Å². The molecule has 0 bridgehead atoms. The number of sulfonamides is 1. The molecule has 1 heterocycles. The van der Waals surface area contributed by atoms with Gasteiger partial charge in [-0.15, -0.1) is 0 Å². The molecule has 1 aliphatic heterocycles. The molecule has 10 heteroatoms. The van der Waals surface area contributed by atoms with Crippen LogP contribution in [0.25, 0.3) is 0 Å². The number of piperazine rings is 1. The number of quaternary nitrogens is 1. The Bertz CT molecular complexity index is 695. The van der Waals surface area contributed by atoms with Crippen LogP contribution in [0.5, 0.6) is 0 Å². The third-order valence-electron chi connectivity index (χ3n) is 4.07. The number of hydrogen-bond acceptors (Lipinski definition) is 4. The van der Waals surface area contributed by atoms with Gasteiger partial charge in [-0.1, -0.05) is 17.7 Å². The fraction of sp³-hybridized carbons (Fsp3) is 0.562. The fourth-order valence-electron chi connectivity index (χ4n) is 2.45. The number of carbonyl (C=O) groups excluding carboxylic acids is 1. The van der Waals surface area contributed by atoms with Gasteiger partial charge in [0.25, 0.3) is 0 Å². The van der Waals surface area contributed by atoms with Gasteiger partial charge in [0, 0.05) is 0 Å². The van der Waals surface area contributed by atoms with E-state index in [1.54, 1.807) is 16.4 Å². The highest BCUT2D eigenvalue weighted by Gasteiger charge is 2.31. The smallest absolute Gasteiger partial charge is 0.430 e. The lowest BCUT2D eigenvalue weighted by molar-refractivity contribution is -0.924. The molecule has 0 aliphatic carbocycles. The average Bonchev–Trinajstić information content (AvgIpc) is 2.55. The van der Waals surface area contributed by atoms with Crippen molar-refractivity contribution in [3.63, 3.8) is 0 Å². The standard InChI is InChI=1S/C14H22N2O2S.C2HF3O2/c1-12(2)15-8-10-16(11-9-15)19(17,18)14-6-4-13(3)5-7-14;3-2(4,5)1(6)7/h4-7,12H,8-11H2,1-3H3;(H,6,7). The number of carboxylic acids is 1. The van der Waals surface area contributed by atoms with Gasteiger partial charge < -0.3 is 14.8 Å². The summed E-state index contributed by atoms with van der Waals surface area (Å²) in [5.74, 6) is -3.01. The lowest BCUT2D eigenvalue weighted by Gasteiger charge is -2.33. The number of aliphatic carboxylic acids is 1. The van der Waals surface area contributed by atoms with Crippen LogP contribution in [-0.2, 0) is 14.8 Å². The van der Waals surface area contributed by atoms with E-state index in [-0.39, 0.29) is 0 Å². The first-order valence-corrected chi connectivity index (χ1v) is 9.49. The van der Waals surface area contributed by atoms with Crippen LogP contribution in [0.4, 0.5) is 13.2 Å². The zero-order valence-corrected chi connectivity index (χ0v) is 15.7. The van der Waals surface area contributed by atoms with E-state index >= 15 is 0 Å². The maximum atomic E-state index is 12.5. The summed E-state index contributed by atoms with van der Waals surface area (Å²) in [6.07, 6.45) is -5.19. The van der Waals surface area contributed by atoms with Crippen LogP contribution in [0.1, 0.15) is 19.4 Å². The van der Waals surface area contributed by atoms with E-state index in [9.17, 15) is 21.6 Å². The van der Waals surface area contributed by atoms with Gasteiger partial charge in [0.2, 0.25) is 10.0 Å². The summed E-state index contributed by atoms with van der Waals surface area (Å²) in [7, 11) is -3.31. The second-order valence-corrected chi connectivity index (χ2v) is 8.25. The Morgan fingerprint density at radius 1 is 1.15 bits per heavy atom. The third-order valence-corrected chi connectivity index (χ3v) is 5.98. The highest BCUT2D eigenvalue weighted by Crippen LogP contribution is 2.16. The van der Waals surface area contributed by atoms with Gasteiger partial charge in [0.15, 0.2) is 0 Å². The predicted molar refractivity (Wildman–Crippen MR) is 86.8 cm³/mol. The summed E-state index contributed by atoms with van der Waals surface area (Å²) in [6, 6.07) is 7.66.